The van der Waals surface area contributed by atoms with Gasteiger partial charge >= 0.3 is 5.97 Å². The van der Waals surface area contributed by atoms with Crippen LogP contribution in [0.3, 0.4) is 0 Å². The van der Waals surface area contributed by atoms with E-state index in [1.165, 1.54) is 18.4 Å². The Bertz CT molecular complexity index is 1020. The lowest BCUT2D eigenvalue weighted by Gasteiger charge is -2.22. The highest BCUT2D eigenvalue weighted by molar-refractivity contribution is 7.98. The number of ether oxygens (including phenoxy) is 1. The van der Waals surface area contributed by atoms with Crippen LogP contribution >= 0.6 is 23.1 Å². The van der Waals surface area contributed by atoms with Gasteiger partial charge in [0.2, 0.25) is 0 Å². The zero-order chi connectivity index (χ0) is 21.0. The summed E-state index contributed by atoms with van der Waals surface area (Å²) in [6.45, 7) is 1.22. The number of fused-ring (bicyclic) bond motifs is 1. The second kappa shape index (κ2) is 9.39. The first-order valence-electron chi connectivity index (χ1n) is 9.03. The Balaban J connectivity index is 1.96. The quantitative estimate of drug-likeness (QED) is 0.418. The molecule has 0 fully saturated rings. The first-order valence-corrected chi connectivity index (χ1v) is 11.1. The maximum atomic E-state index is 13.3. The van der Waals surface area contributed by atoms with Crippen LogP contribution in [0.4, 0.5) is 5.13 Å². The molecule has 0 radical (unpaired) electrons. The maximum absolute atomic E-state index is 13.3. The molecule has 0 aliphatic heterocycles. The monoisotopic (exact) mass is 429 g/mol. The Morgan fingerprint density at radius 3 is 2.38 bits per heavy atom. The fourth-order valence-electron chi connectivity index (χ4n) is 2.80. The molecule has 0 saturated heterocycles. The van der Waals surface area contributed by atoms with E-state index in [0.29, 0.717) is 29.3 Å². The largest absolute Gasteiger partial charge is 0.465 e. The SMILES string of the molecule is COC(=O)c1ccc(C(=O)N(CCN(C)C)c2nc3c(SC)cccc3s2)cc1. The van der Waals surface area contributed by atoms with Crippen molar-refractivity contribution in [1.82, 2.24) is 9.88 Å². The zero-order valence-corrected chi connectivity index (χ0v) is 18.5. The van der Waals surface area contributed by atoms with E-state index in [1.54, 1.807) is 40.9 Å². The normalized spacial score (nSPS) is 11.1. The van der Waals surface area contributed by atoms with Gasteiger partial charge in [0, 0.05) is 23.5 Å². The molecule has 3 rings (SSSR count). The van der Waals surface area contributed by atoms with E-state index in [4.69, 9.17) is 9.72 Å². The number of rotatable bonds is 7. The molecule has 0 bridgehead atoms. The number of benzene rings is 2. The summed E-state index contributed by atoms with van der Waals surface area (Å²) in [4.78, 5) is 34.6. The smallest absolute Gasteiger partial charge is 0.337 e. The third-order valence-corrected chi connectivity index (χ3v) is 6.20. The molecule has 0 spiro atoms. The first-order chi connectivity index (χ1) is 13.9. The number of methoxy groups -OCH3 is 1. The van der Waals surface area contributed by atoms with E-state index in [1.807, 2.05) is 43.5 Å². The minimum absolute atomic E-state index is 0.145. The van der Waals surface area contributed by atoms with Gasteiger partial charge in [-0.15, -0.1) is 11.8 Å². The topological polar surface area (TPSA) is 62.7 Å². The zero-order valence-electron chi connectivity index (χ0n) is 16.8. The average molecular weight is 430 g/mol. The number of carbonyl (C=O) groups excluding carboxylic acids is 2. The average Bonchev–Trinajstić information content (AvgIpc) is 3.17. The highest BCUT2D eigenvalue weighted by Gasteiger charge is 2.22. The van der Waals surface area contributed by atoms with Crippen molar-refractivity contribution >= 4 is 50.3 Å². The van der Waals surface area contributed by atoms with Crippen molar-refractivity contribution in [3.05, 3.63) is 53.6 Å². The van der Waals surface area contributed by atoms with Crippen LogP contribution in [0.15, 0.2) is 47.4 Å². The van der Waals surface area contributed by atoms with Gasteiger partial charge in [-0.25, -0.2) is 9.78 Å². The number of carbonyl (C=O) groups is 2. The van der Waals surface area contributed by atoms with Crippen LogP contribution in [0.2, 0.25) is 0 Å². The van der Waals surface area contributed by atoms with E-state index >= 15 is 0 Å². The van der Waals surface area contributed by atoms with Gasteiger partial charge in [0.25, 0.3) is 5.91 Å². The number of aromatic nitrogens is 1. The second-order valence-electron chi connectivity index (χ2n) is 6.63. The number of likely N-dealkylation sites (N-methyl/N-ethyl adjacent to an activating group) is 1. The van der Waals surface area contributed by atoms with E-state index in [2.05, 4.69) is 0 Å². The number of para-hydroxylation sites is 1. The number of thiazole rings is 1. The van der Waals surface area contributed by atoms with Crippen LogP contribution in [0.25, 0.3) is 10.2 Å². The molecular weight excluding hydrogens is 406 g/mol. The van der Waals surface area contributed by atoms with E-state index < -0.39 is 5.97 Å². The predicted octanol–water partition coefficient (Wildman–Crippen LogP) is 4.01. The predicted molar refractivity (Wildman–Crippen MR) is 119 cm³/mol. The Labute approximate surface area is 178 Å². The second-order valence-corrected chi connectivity index (χ2v) is 8.49. The number of hydrogen-bond donors (Lipinski definition) is 0. The van der Waals surface area contributed by atoms with Crippen molar-refractivity contribution < 1.29 is 14.3 Å². The number of amides is 1. The van der Waals surface area contributed by atoms with E-state index in [0.717, 1.165) is 15.1 Å². The molecule has 0 unspecified atom stereocenters. The summed E-state index contributed by atoms with van der Waals surface area (Å²) in [5, 5.41) is 0.672. The minimum Gasteiger partial charge on any atom is -0.465 e. The molecule has 152 valence electrons. The van der Waals surface area contributed by atoms with Crippen LogP contribution < -0.4 is 4.90 Å². The Hall–Kier alpha value is -2.42. The molecule has 1 heterocycles. The van der Waals surface area contributed by atoms with Crippen molar-refractivity contribution in [3.8, 4) is 0 Å². The molecule has 1 aromatic heterocycles. The highest BCUT2D eigenvalue weighted by Crippen LogP contribution is 2.34. The van der Waals surface area contributed by atoms with Gasteiger partial charge in [-0.05, 0) is 56.7 Å². The van der Waals surface area contributed by atoms with Crippen molar-refractivity contribution in [1.29, 1.82) is 0 Å². The number of anilines is 1. The summed E-state index contributed by atoms with van der Waals surface area (Å²) in [5.74, 6) is -0.572. The molecule has 8 heteroatoms. The number of esters is 1. The number of hydrogen-bond acceptors (Lipinski definition) is 7. The maximum Gasteiger partial charge on any atom is 0.337 e. The molecule has 0 N–H and O–H groups in total. The summed E-state index contributed by atoms with van der Waals surface area (Å²) in [6, 6.07) is 12.6. The molecule has 0 aliphatic rings. The minimum atomic E-state index is -0.427. The van der Waals surface area contributed by atoms with E-state index in [9.17, 15) is 9.59 Å². The van der Waals surface area contributed by atoms with Gasteiger partial charge < -0.3 is 9.64 Å². The summed E-state index contributed by atoms with van der Waals surface area (Å²) in [5.41, 5.74) is 1.83. The van der Waals surface area contributed by atoms with Gasteiger partial charge in [-0.1, -0.05) is 17.4 Å². The van der Waals surface area contributed by atoms with Gasteiger partial charge in [-0.3, -0.25) is 9.69 Å². The van der Waals surface area contributed by atoms with Crippen molar-refractivity contribution in [3.63, 3.8) is 0 Å². The molecule has 3 aromatic rings. The lowest BCUT2D eigenvalue weighted by Crippen LogP contribution is -2.36. The molecule has 1 amide bonds. The van der Waals surface area contributed by atoms with Gasteiger partial charge in [0.15, 0.2) is 5.13 Å². The standard InChI is InChI=1S/C21H23N3O3S2/c1-23(2)12-13-24(19(25)14-8-10-15(11-9-14)20(26)27-3)21-22-18-16(28-4)6-5-7-17(18)29-21/h5-11H,12-13H2,1-4H3. The fourth-order valence-corrected chi connectivity index (χ4v) is 4.44. The third-order valence-electron chi connectivity index (χ3n) is 4.39. The molecule has 29 heavy (non-hydrogen) atoms. The van der Waals surface area contributed by atoms with Gasteiger partial charge in [0.05, 0.1) is 22.9 Å². The Morgan fingerprint density at radius 1 is 1.07 bits per heavy atom. The fraction of sp³-hybridized carbons (Fsp3) is 0.286. The van der Waals surface area contributed by atoms with Gasteiger partial charge in [0.1, 0.15) is 0 Å². The van der Waals surface area contributed by atoms with Crippen LogP contribution in [0.1, 0.15) is 20.7 Å². The Kier molecular flexibility index (Phi) is 6.89. The van der Waals surface area contributed by atoms with Crippen molar-refractivity contribution in [2.45, 2.75) is 4.90 Å². The molecule has 0 saturated carbocycles. The summed E-state index contributed by atoms with van der Waals surface area (Å²) < 4.78 is 5.78. The van der Waals surface area contributed by atoms with Crippen LogP contribution in [0.5, 0.6) is 0 Å². The third kappa shape index (κ3) is 4.77. The van der Waals surface area contributed by atoms with Crippen LogP contribution in [-0.2, 0) is 4.74 Å². The van der Waals surface area contributed by atoms with Gasteiger partial charge in [-0.2, -0.15) is 0 Å². The molecular formula is C21H23N3O3S2. The first kappa shape index (κ1) is 21.3. The Morgan fingerprint density at radius 2 is 1.76 bits per heavy atom. The lowest BCUT2D eigenvalue weighted by atomic mass is 10.1. The van der Waals surface area contributed by atoms with Crippen LogP contribution in [-0.4, -0.2) is 62.3 Å². The van der Waals surface area contributed by atoms with Crippen molar-refractivity contribution in [2.75, 3.05) is 45.5 Å². The lowest BCUT2D eigenvalue weighted by molar-refractivity contribution is 0.0600. The summed E-state index contributed by atoms with van der Waals surface area (Å²) in [7, 11) is 5.27. The number of nitrogens with zero attached hydrogens (tertiary/aromatic N) is 3. The van der Waals surface area contributed by atoms with Crippen LogP contribution in [0, 0.1) is 0 Å². The molecule has 2 aromatic carbocycles. The van der Waals surface area contributed by atoms with E-state index in [-0.39, 0.29) is 5.91 Å². The molecule has 0 aliphatic carbocycles. The molecule has 0 atom stereocenters. The molecule has 6 nitrogen and oxygen atoms in total. The summed E-state index contributed by atoms with van der Waals surface area (Å²) >= 11 is 3.15. The number of thioether (sulfide) groups is 1. The van der Waals surface area contributed by atoms with Crippen molar-refractivity contribution in [2.24, 2.45) is 0 Å². The highest BCUT2D eigenvalue weighted by atomic mass is 32.2. The summed E-state index contributed by atoms with van der Waals surface area (Å²) in [6.07, 6.45) is 2.02.